The highest BCUT2D eigenvalue weighted by atomic mass is 16.5. The lowest BCUT2D eigenvalue weighted by Gasteiger charge is -2.36. The molecule has 1 aromatic rings. The lowest BCUT2D eigenvalue weighted by Crippen LogP contribution is -2.45. The first-order chi connectivity index (χ1) is 7.05. The molecule has 2 heterocycles. The van der Waals surface area contributed by atoms with Gasteiger partial charge in [-0.25, -0.2) is 0 Å². The Morgan fingerprint density at radius 2 is 2.47 bits per heavy atom. The van der Waals surface area contributed by atoms with Crippen LogP contribution in [0.3, 0.4) is 0 Å². The third kappa shape index (κ3) is 2.79. The van der Waals surface area contributed by atoms with Crippen molar-refractivity contribution in [2.75, 3.05) is 13.1 Å². The lowest BCUT2D eigenvalue weighted by molar-refractivity contribution is -0.0187. The third-order valence-corrected chi connectivity index (χ3v) is 2.82. The summed E-state index contributed by atoms with van der Waals surface area (Å²) in [6.45, 7) is 6.31. The second kappa shape index (κ2) is 3.94. The summed E-state index contributed by atoms with van der Waals surface area (Å²) in [7, 11) is 0. The van der Waals surface area contributed by atoms with Gasteiger partial charge >= 0.3 is 0 Å². The maximum atomic E-state index is 9.94. The van der Waals surface area contributed by atoms with E-state index in [2.05, 4.69) is 10.1 Å². The Morgan fingerprint density at radius 1 is 1.67 bits per heavy atom. The van der Waals surface area contributed by atoms with Gasteiger partial charge in [0.15, 0.2) is 0 Å². The first kappa shape index (κ1) is 10.6. The van der Waals surface area contributed by atoms with E-state index in [0.29, 0.717) is 0 Å². The fourth-order valence-electron chi connectivity index (χ4n) is 2.18. The van der Waals surface area contributed by atoms with Crippen molar-refractivity contribution in [1.82, 2.24) is 10.1 Å². The molecular weight excluding hydrogens is 192 g/mol. The van der Waals surface area contributed by atoms with E-state index in [9.17, 15) is 5.11 Å². The van der Waals surface area contributed by atoms with Gasteiger partial charge in [0.25, 0.3) is 0 Å². The minimum atomic E-state index is -0.545. The molecule has 4 nitrogen and oxygen atoms in total. The molecule has 4 heteroatoms. The molecule has 1 unspecified atom stereocenters. The average Bonchev–Trinajstić information content (AvgIpc) is 2.49. The van der Waals surface area contributed by atoms with Crippen LogP contribution in [0.2, 0.25) is 0 Å². The highest BCUT2D eigenvalue weighted by Crippen LogP contribution is 2.21. The molecule has 1 aromatic heterocycles. The molecule has 0 radical (unpaired) electrons. The predicted molar refractivity (Wildman–Crippen MR) is 56.4 cm³/mol. The summed E-state index contributed by atoms with van der Waals surface area (Å²) < 4.78 is 5.02. The fraction of sp³-hybridized carbons (Fsp3) is 0.727. The minimum absolute atomic E-state index is 0.545. The lowest BCUT2D eigenvalue weighted by atomic mass is 9.95. The zero-order chi connectivity index (χ0) is 10.9. The summed E-state index contributed by atoms with van der Waals surface area (Å²) >= 11 is 0. The molecule has 0 amide bonds. The van der Waals surface area contributed by atoms with Crippen LogP contribution in [0, 0.1) is 6.92 Å². The van der Waals surface area contributed by atoms with Gasteiger partial charge < -0.3 is 9.63 Å². The third-order valence-electron chi connectivity index (χ3n) is 2.82. The summed E-state index contributed by atoms with van der Waals surface area (Å²) in [6.07, 6.45) is 1.94. The molecule has 0 aromatic carbocycles. The molecular formula is C11H18N2O2. The van der Waals surface area contributed by atoms with Gasteiger partial charge in [0, 0.05) is 19.2 Å². The monoisotopic (exact) mass is 210 g/mol. The van der Waals surface area contributed by atoms with E-state index in [0.717, 1.165) is 43.9 Å². The average molecular weight is 210 g/mol. The zero-order valence-electron chi connectivity index (χ0n) is 9.36. The first-order valence-corrected chi connectivity index (χ1v) is 5.42. The molecule has 0 saturated carbocycles. The highest BCUT2D eigenvalue weighted by Gasteiger charge is 2.28. The van der Waals surface area contributed by atoms with E-state index < -0.39 is 5.60 Å². The van der Waals surface area contributed by atoms with Crippen LogP contribution < -0.4 is 0 Å². The number of likely N-dealkylation sites (tertiary alicyclic amines) is 1. The maximum absolute atomic E-state index is 9.94. The van der Waals surface area contributed by atoms with Gasteiger partial charge in [0.1, 0.15) is 5.76 Å². The molecule has 0 bridgehead atoms. The first-order valence-electron chi connectivity index (χ1n) is 5.42. The van der Waals surface area contributed by atoms with E-state index in [1.165, 1.54) is 0 Å². The second-order valence-electron chi connectivity index (χ2n) is 4.74. The van der Waals surface area contributed by atoms with Crippen LogP contribution in [0.25, 0.3) is 0 Å². The number of β-amino-alcohol motifs (C(OH)–C–C–N with tert-alkyl or cyclic N) is 1. The molecule has 1 aliphatic heterocycles. The van der Waals surface area contributed by atoms with Gasteiger partial charge in [-0.2, -0.15) is 0 Å². The summed E-state index contributed by atoms with van der Waals surface area (Å²) in [4.78, 5) is 2.22. The van der Waals surface area contributed by atoms with Crippen molar-refractivity contribution in [3.05, 3.63) is 17.5 Å². The Hall–Kier alpha value is -0.870. The predicted octanol–water partition coefficient (Wildman–Crippen LogP) is 1.33. The van der Waals surface area contributed by atoms with Crippen molar-refractivity contribution >= 4 is 0 Å². The molecule has 1 fully saturated rings. The molecule has 84 valence electrons. The Labute approximate surface area is 89.9 Å². The van der Waals surface area contributed by atoms with Gasteiger partial charge in [0.2, 0.25) is 0 Å². The van der Waals surface area contributed by atoms with Crippen molar-refractivity contribution < 1.29 is 9.63 Å². The Kier molecular flexibility index (Phi) is 2.80. The Balaban J connectivity index is 1.95. The normalized spacial score (nSPS) is 28.2. The van der Waals surface area contributed by atoms with Gasteiger partial charge in [-0.15, -0.1) is 0 Å². The fourth-order valence-corrected chi connectivity index (χ4v) is 2.18. The summed E-state index contributed by atoms with van der Waals surface area (Å²) in [6, 6.07) is 1.95. The second-order valence-corrected chi connectivity index (χ2v) is 4.74. The van der Waals surface area contributed by atoms with Crippen molar-refractivity contribution in [3.63, 3.8) is 0 Å². The van der Waals surface area contributed by atoms with Crippen LogP contribution >= 0.6 is 0 Å². The van der Waals surface area contributed by atoms with Crippen LogP contribution in [-0.2, 0) is 6.54 Å². The summed E-state index contributed by atoms with van der Waals surface area (Å²) in [5, 5.41) is 13.9. The van der Waals surface area contributed by atoms with Gasteiger partial charge in [-0.3, -0.25) is 4.90 Å². The van der Waals surface area contributed by atoms with Crippen LogP contribution in [0.1, 0.15) is 31.2 Å². The number of hydrogen-bond acceptors (Lipinski definition) is 4. The molecule has 1 atom stereocenters. The van der Waals surface area contributed by atoms with E-state index in [1.54, 1.807) is 0 Å². The smallest absolute Gasteiger partial charge is 0.133 e. The molecule has 0 spiro atoms. The molecule has 1 aliphatic rings. The number of aryl methyl sites for hydroxylation is 1. The highest BCUT2D eigenvalue weighted by molar-refractivity contribution is 5.03. The number of rotatable bonds is 2. The number of hydrogen-bond donors (Lipinski definition) is 1. The number of piperidine rings is 1. The van der Waals surface area contributed by atoms with Gasteiger partial charge in [0.05, 0.1) is 11.3 Å². The van der Waals surface area contributed by atoms with Crippen LogP contribution in [0.15, 0.2) is 10.6 Å². The van der Waals surface area contributed by atoms with Crippen molar-refractivity contribution in [2.24, 2.45) is 0 Å². The van der Waals surface area contributed by atoms with Crippen LogP contribution in [0.5, 0.6) is 0 Å². The summed E-state index contributed by atoms with van der Waals surface area (Å²) in [5.74, 6) is 0.841. The van der Waals surface area contributed by atoms with Crippen LogP contribution in [0.4, 0.5) is 0 Å². The molecule has 2 rings (SSSR count). The molecule has 0 aliphatic carbocycles. The zero-order valence-corrected chi connectivity index (χ0v) is 9.36. The number of nitrogens with zero attached hydrogens (tertiary/aromatic N) is 2. The number of aliphatic hydroxyl groups is 1. The van der Waals surface area contributed by atoms with Gasteiger partial charge in [-0.05, 0) is 33.2 Å². The Bertz CT molecular complexity index is 333. The van der Waals surface area contributed by atoms with Crippen molar-refractivity contribution in [2.45, 2.75) is 38.8 Å². The minimum Gasteiger partial charge on any atom is -0.389 e. The SMILES string of the molecule is Cc1cc(CN2CCCC(C)(O)C2)no1. The largest absolute Gasteiger partial charge is 0.389 e. The Morgan fingerprint density at radius 3 is 3.07 bits per heavy atom. The van der Waals surface area contributed by atoms with Crippen molar-refractivity contribution in [1.29, 1.82) is 0 Å². The van der Waals surface area contributed by atoms with E-state index >= 15 is 0 Å². The van der Waals surface area contributed by atoms with Crippen molar-refractivity contribution in [3.8, 4) is 0 Å². The van der Waals surface area contributed by atoms with Crippen LogP contribution in [-0.4, -0.2) is 33.9 Å². The maximum Gasteiger partial charge on any atom is 0.133 e. The van der Waals surface area contributed by atoms with Gasteiger partial charge in [-0.1, -0.05) is 5.16 Å². The standard InChI is InChI=1S/C11H18N2O2/c1-9-6-10(12-15-9)7-13-5-3-4-11(2,14)8-13/h6,14H,3-5,7-8H2,1-2H3. The molecule has 1 saturated heterocycles. The number of aromatic nitrogens is 1. The van der Waals surface area contributed by atoms with E-state index in [-0.39, 0.29) is 0 Å². The molecule has 1 N–H and O–H groups in total. The summed E-state index contributed by atoms with van der Waals surface area (Å²) in [5.41, 5.74) is 0.405. The van der Waals surface area contributed by atoms with E-state index in [4.69, 9.17) is 4.52 Å². The quantitative estimate of drug-likeness (QED) is 0.800. The molecule has 15 heavy (non-hydrogen) atoms. The topological polar surface area (TPSA) is 49.5 Å². The van der Waals surface area contributed by atoms with E-state index in [1.807, 2.05) is 19.9 Å².